The Morgan fingerprint density at radius 3 is 2.39 bits per heavy atom. The van der Waals surface area contributed by atoms with Gasteiger partial charge >= 0.3 is 0 Å². The molecule has 0 aliphatic carbocycles. The Balaban J connectivity index is 1.96. The molecule has 3 rings (SSSR count). The van der Waals surface area contributed by atoms with Gasteiger partial charge in [0.1, 0.15) is 0 Å². The zero-order valence-electron chi connectivity index (χ0n) is 12.5. The van der Waals surface area contributed by atoms with Gasteiger partial charge < -0.3 is 0 Å². The zero-order valence-corrected chi connectivity index (χ0v) is 14.0. The van der Waals surface area contributed by atoms with E-state index in [0.717, 1.165) is 16.8 Å². The van der Waals surface area contributed by atoms with Gasteiger partial charge in [-0.25, -0.2) is 4.68 Å². The fraction of sp³-hybridized carbons (Fsp3) is 0.111. The molecule has 0 saturated heterocycles. The topological polar surface area (TPSA) is 34.9 Å². The molecule has 116 valence electrons. The summed E-state index contributed by atoms with van der Waals surface area (Å²) in [6.07, 6.45) is 0. The number of hydrogen-bond acceptors (Lipinski definition) is 2. The Morgan fingerprint density at radius 1 is 0.957 bits per heavy atom. The second-order valence-electron chi connectivity index (χ2n) is 5.33. The lowest BCUT2D eigenvalue weighted by molar-refractivity contribution is 0.643. The SMILES string of the molecule is Cc1ccc(-c2ccc(=O)n(Cc3ccc(Cl)c(Cl)c3)n2)cc1. The molecule has 0 bridgehead atoms. The summed E-state index contributed by atoms with van der Waals surface area (Å²) in [4.78, 5) is 12.1. The van der Waals surface area contributed by atoms with Crippen LogP contribution in [0.1, 0.15) is 11.1 Å². The second kappa shape index (κ2) is 6.57. The van der Waals surface area contributed by atoms with Crippen LogP contribution in [-0.2, 0) is 6.54 Å². The van der Waals surface area contributed by atoms with Crippen LogP contribution in [0.2, 0.25) is 10.0 Å². The van der Waals surface area contributed by atoms with Gasteiger partial charge in [-0.1, -0.05) is 59.1 Å². The quantitative estimate of drug-likeness (QED) is 0.697. The highest BCUT2D eigenvalue weighted by atomic mass is 35.5. The van der Waals surface area contributed by atoms with Crippen molar-refractivity contribution in [2.24, 2.45) is 0 Å². The smallest absolute Gasteiger partial charge is 0.267 e. The van der Waals surface area contributed by atoms with Crippen molar-refractivity contribution in [2.45, 2.75) is 13.5 Å². The van der Waals surface area contributed by atoms with Crippen molar-refractivity contribution in [2.75, 3.05) is 0 Å². The number of aryl methyl sites for hydroxylation is 1. The van der Waals surface area contributed by atoms with Gasteiger partial charge in [0.05, 0.1) is 22.3 Å². The van der Waals surface area contributed by atoms with Crippen molar-refractivity contribution in [1.82, 2.24) is 9.78 Å². The van der Waals surface area contributed by atoms with E-state index in [1.54, 1.807) is 18.2 Å². The molecule has 3 aromatic rings. The van der Waals surface area contributed by atoms with E-state index in [9.17, 15) is 4.79 Å². The number of rotatable bonds is 3. The maximum absolute atomic E-state index is 12.1. The number of nitrogens with zero attached hydrogens (tertiary/aromatic N) is 2. The van der Waals surface area contributed by atoms with Crippen molar-refractivity contribution in [3.8, 4) is 11.3 Å². The van der Waals surface area contributed by atoms with Gasteiger partial charge in [-0.2, -0.15) is 5.10 Å². The largest absolute Gasteiger partial charge is 0.268 e. The van der Waals surface area contributed by atoms with Gasteiger partial charge in [0.2, 0.25) is 0 Å². The summed E-state index contributed by atoms with van der Waals surface area (Å²) in [7, 11) is 0. The van der Waals surface area contributed by atoms with Crippen molar-refractivity contribution in [1.29, 1.82) is 0 Å². The molecule has 0 atom stereocenters. The molecule has 0 radical (unpaired) electrons. The van der Waals surface area contributed by atoms with E-state index in [4.69, 9.17) is 23.2 Å². The molecule has 0 amide bonds. The molecule has 2 aromatic carbocycles. The van der Waals surface area contributed by atoms with E-state index in [1.165, 1.54) is 16.3 Å². The molecule has 0 unspecified atom stereocenters. The van der Waals surface area contributed by atoms with E-state index < -0.39 is 0 Å². The first-order valence-electron chi connectivity index (χ1n) is 7.12. The Bertz CT molecular complexity index is 902. The minimum absolute atomic E-state index is 0.160. The van der Waals surface area contributed by atoms with Crippen molar-refractivity contribution in [3.63, 3.8) is 0 Å². The van der Waals surface area contributed by atoms with Crippen LogP contribution in [0.15, 0.2) is 59.4 Å². The molecule has 5 heteroatoms. The predicted molar refractivity (Wildman–Crippen MR) is 94.2 cm³/mol. The zero-order chi connectivity index (χ0) is 16.4. The molecule has 0 aliphatic heterocycles. The van der Waals surface area contributed by atoms with Gasteiger partial charge in [0.15, 0.2) is 0 Å². The van der Waals surface area contributed by atoms with Crippen LogP contribution in [-0.4, -0.2) is 9.78 Å². The Hall–Kier alpha value is -2.10. The fourth-order valence-corrected chi connectivity index (χ4v) is 2.57. The van der Waals surface area contributed by atoms with Crippen LogP contribution in [0.5, 0.6) is 0 Å². The first kappa shape index (κ1) is 15.8. The molecule has 0 fully saturated rings. The Kier molecular flexibility index (Phi) is 4.51. The monoisotopic (exact) mass is 344 g/mol. The maximum Gasteiger partial charge on any atom is 0.267 e. The number of benzene rings is 2. The third kappa shape index (κ3) is 3.63. The second-order valence-corrected chi connectivity index (χ2v) is 6.14. The van der Waals surface area contributed by atoms with Crippen LogP contribution < -0.4 is 5.56 Å². The first-order valence-corrected chi connectivity index (χ1v) is 7.88. The average Bonchev–Trinajstić information content (AvgIpc) is 2.54. The normalized spacial score (nSPS) is 10.7. The number of aromatic nitrogens is 2. The molecule has 0 spiro atoms. The summed E-state index contributed by atoms with van der Waals surface area (Å²) in [5, 5.41) is 5.40. The van der Waals surface area contributed by atoms with E-state index in [2.05, 4.69) is 5.10 Å². The van der Waals surface area contributed by atoms with Gasteiger partial charge in [-0.15, -0.1) is 0 Å². The molecule has 0 N–H and O–H groups in total. The van der Waals surface area contributed by atoms with Gasteiger partial charge in [-0.3, -0.25) is 4.79 Å². The van der Waals surface area contributed by atoms with Crippen molar-refractivity contribution >= 4 is 23.2 Å². The molecule has 1 heterocycles. The fourth-order valence-electron chi connectivity index (χ4n) is 2.25. The maximum atomic E-state index is 12.1. The molecular weight excluding hydrogens is 331 g/mol. The third-order valence-corrected chi connectivity index (χ3v) is 4.27. The van der Waals surface area contributed by atoms with Crippen LogP contribution in [0, 0.1) is 6.92 Å². The number of hydrogen-bond donors (Lipinski definition) is 0. The minimum Gasteiger partial charge on any atom is -0.268 e. The van der Waals surface area contributed by atoms with E-state index in [1.807, 2.05) is 37.3 Å². The summed E-state index contributed by atoms with van der Waals surface area (Å²) in [5.41, 5.74) is 3.61. The highest BCUT2D eigenvalue weighted by Crippen LogP contribution is 2.23. The van der Waals surface area contributed by atoms with E-state index in [0.29, 0.717) is 16.6 Å². The highest BCUT2D eigenvalue weighted by molar-refractivity contribution is 6.42. The standard InChI is InChI=1S/C18H14Cl2N2O/c1-12-2-5-14(6-3-12)17-8-9-18(23)22(21-17)11-13-4-7-15(19)16(20)10-13/h2-10H,11H2,1H3. The van der Waals surface area contributed by atoms with Crippen LogP contribution in [0.3, 0.4) is 0 Å². The Labute approximate surface area is 144 Å². The molecule has 0 saturated carbocycles. The summed E-state index contributed by atoms with van der Waals surface area (Å²) < 4.78 is 1.43. The van der Waals surface area contributed by atoms with Crippen LogP contribution in [0.25, 0.3) is 11.3 Å². The summed E-state index contributed by atoms with van der Waals surface area (Å²) in [5.74, 6) is 0. The molecule has 0 aliphatic rings. The van der Waals surface area contributed by atoms with Crippen LogP contribution in [0.4, 0.5) is 0 Å². The molecular formula is C18H14Cl2N2O. The predicted octanol–water partition coefficient (Wildman–Crippen LogP) is 4.57. The van der Waals surface area contributed by atoms with Crippen molar-refractivity contribution < 1.29 is 0 Å². The van der Waals surface area contributed by atoms with Gasteiger partial charge in [0.25, 0.3) is 5.56 Å². The van der Waals surface area contributed by atoms with Gasteiger partial charge in [0, 0.05) is 11.6 Å². The highest BCUT2D eigenvalue weighted by Gasteiger charge is 2.06. The number of halogens is 2. The summed E-state index contributed by atoms with van der Waals surface area (Å²) >= 11 is 11.9. The van der Waals surface area contributed by atoms with E-state index in [-0.39, 0.29) is 5.56 Å². The lowest BCUT2D eigenvalue weighted by Crippen LogP contribution is -2.22. The average molecular weight is 345 g/mol. The molecule has 1 aromatic heterocycles. The summed E-state index contributed by atoms with van der Waals surface area (Å²) in [6.45, 7) is 2.37. The third-order valence-electron chi connectivity index (χ3n) is 3.53. The minimum atomic E-state index is -0.160. The Morgan fingerprint density at radius 2 is 1.70 bits per heavy atom. The first-order chi connectivity index (χ1) is 11.0. The lowest BCUT2D eigenvalue weighted by atomic mass is 10.1. The molecule has 23 heavy (non-hydrogen) atoms. The lowest BCUT2D eigenvalue weighted by Gasteiger charge is -2.08. The van der Waals surface area contributed by atoms with Gasteiger partial charge in [-0.05, 0) is 30.7 Å². The van der Waals surface area contributed by atoms with E-state index >= 15 is 0 Å². The van der Waals surface area contributed by atoms with Crippen LogP contribution >= 0.6 is 23.2 Å². The molecule has 3 nitrogen and oxygen atoms in total. The summed E-state index contributed by atoms with van der Waals surface area (Å²) in [6, 6.07) is 16.6. The van der Waals surface area contributed by atoms with Crippen molar-refractivity contribution in [3.05, 3.63) is 86.1 Å².